The average molecular weight is 299 g/mol. The van der Waals surface area contributed by atoms with E-state index in [0.29, 0.717) is 0 Å². The molecule has 0 aliphatic rings. The van der Waals surface area contributed by atoms with Gasteiger partial charge in [-0.3, -0.25) is 14.9 Å². The van der Waals surface area contributed by atoms with Crippen LogP contribution in [0.1, 0.15) is 10.4 Å². The Hall–Kier alpha value is -2.85. The van der Waals surface area contributed by atoms with Gasteiger partial charge in [0, 0.05) is 17.7 Å². The molecule has 0 radical (unpaired) electrons. The molecule has 0 amide bonds. The van der Waals surface area contributed by atoms with Crippen molar-refractivity contribution in [3.8, 4) is 0 Å². The van der Waals surface area contributed by atoms with Crippen LogP contribution in [0.3, 0.4) is 0 Å². The van der Waals surface area contributed by atoms with Gasteiger partial charge in [-0.05, 0) is 12.1 Å². The van der Waals surface area contributed by atoms with Crippen molar-refractivity contribution in [2.24, 2.45) is 0 Å². The molecular formula is C11H9NO9. The third-order valence-corrected chi connectivity index (χ3v) is 2.64. The van der Waals surface area contributed by atoms with E-state index in [4.69, 9.17) is 10.2 Å². The van der Waals surface area contributed by atoms with E-state index in [9.17, 15) is 34.7 Å². The van der Waals surface area contributed by atoms with Crippen molar-refractivity contribution >= 4 is 23.4 Å². The van der Waals surface area contributed by atoms with Crippen molar-refractivity contribution < 1.29 is 39.7 Å². The zero-order valence-electron chi connectivity index (χ0n) is 10.2. The monoisotopic (exact) mass is 299 g/mol. The van der Waals surface area contributed by atoms with E-state index in [-0.39, 0.29) is 0 Å². The lowest BCUT2D eigenvalue weighted by Crippen LogP contribution is -2.58. The van der Waals surface area contributed by atoms with Crippen LogP contribution in [0.5, 0.6) is 0 Å². The van der Waals surface area contributed by atoms with Crippen LogP contribution < -0.4 is 0 Å². The summed E-state index contributed by atoms with van der Waals surface area (Å²) < 4.78 is 0. The van der Waals surface area contributed by atoms with Crippen LogP contribution in [0.15, 0.2) is 24.3 Å². The van der Waals surface area contributed by atoms with Crippen LogP contribution in [0.25, 0.3) is 0 Å². The van der Waals surface area contributed by atoms with Crippen molar-refractivity contribution in [2.75, 3.05) is 0 Å². The maximum absolute atomic E-state index is 11.9. The van der Waals surface area contributed by atoms with Crippen LogP contribution in [-0.2, 0) is 9.59 Å². The maximum Gasteiger partial charge on any atom is 0.347 e. The third kappa shape index (κ3) is 2.85. The number of aliphatic carboxylic acids is 2. The number of carbonyl (C=O) groups is 3. The lowest BCUT2D eigenvalue weighted by molar-refractivity contribution is -0.384. The number of Topliss-reactive ketones (excluding diaryl/α,β-unsaturated/α-hetero) is 1. The molecule has 1 aromatic carbocycles. The number of nitro groups is 1. The number of carboxylic acid groups (broad SMARTS) is 2. The molecule has 0 saturated heterocycles. The topological polar surface area (TPSA) is 175 Å². The number of aliphatic hydroxyl groups is 2. The number of non-ortho nitro benzene ring substituents is 1. The smallest absolute Gasteiger partial charge is 0.347 e. The molecule has 0 aromatic heterocycles. The van der Waals surface area contributed by atoms with Gasteiger partial charge in [0.2, 0.25) is 5.78 Å². The van der Waals surface area contributed by atoms with E-state index >= 15 is 0 Å². The predicted molar refractivity (Wildman–Crippen MR) is 63.7 cm³/mol. The normalized spacial score (nSPS) is 14.8. The van der Waals surface area contributed by atoms with Crippen LogP contribution in [0.2, 0.25) is 0 Å². The summed E-state index contributed by atoms with van der Waals surface area (Å²) in [4.78, 5) is 43.2. The van der Waals surface area contributed by atoms with Crippen LogP contribution in [0, 0.1) is 10.1 Å². The van der Waals surface area contributed by atoms with Gasteiger partial charge in [0.25, 0.3) is 11.3 Å². The largest absolute Gasteiger partial charge is 0.479 e. The van der Waals surface area contributed by atoms with Crippen LogP contribution >= 0.6 is 0 Å². The number of hydrogen-bond donors (Lipinski definition) is 4. The molecule has 10 nitrogen and oxygen atoms in total. The van der Waals surface area contributed by atoms with Crippen molar-refractivity contribution in [1.29, 1.82) is 0 Å². The van der Waals surface area contributed by atoms with Crippen molar-refractivity contribution in [3.63, 3.8) is 0 Å². The van der Waals surface area contributed by atoms with E-state index in [2.05, 4.69) is 0 Å². The zero-order chi connectivity index (χ0) is 16.4. The molecule has 0 saturated carbocycles. The van der Waals surface area contributed by atoms with Gasteiger partial charge in [-0.2, -0.15) is 0 Å². The Morgan fingerprint density at radius 2 is 1.62 bits per heavy atom. The average Bonchev–Trinajstić information content (AvgIpc) is 2.44. The molecule has 1 aromatic rings. The summed E-state index contributed by atoms with van der Waals surface area (Å²) in [7, 11) is 0. The minimum Gasteiger partial charge on any atom is -0.479 e. The molecule has 112 valence electrons. The SMILES string of the molecule is O=C(O)[C@@H](O)[C@](O)(C(=O)O)C(=O)c1ccc([N+](=O)[O-])cc1. The Labute approximate surface area is 116 Å². The number of carboxylic acids is 2. The number of carbonyl (C=O) groups excluding carboxylic acids is 1. The molecule has 2 atom stereocenters. The first-order chi connectivity index (χ1) is 9.62. The summed E-state index contributed by atoms with van der Waals surface area (Å²) in [5.41, 5.74) is -4.52. The van der Waals surface area contributed by atoms with Crippen molar-refractivity contribution in [1.82, 2.24) is 0 Å². The number of ketones is 1. The van der Waals surface area contributed by atoms with E-state index in [1.807, 2.05) is 0 Å². The van der Waals surface area contributed by atoms with Crippen LogP contribution in [0.4, 0.5) is 5.69 Å². The Balaban J connectivity index is 3.27. The molecule has 0 bridgehead atoms. The lowest BCUT2D eigenvalue weighted by Gasteiger charge is -2.24. The van der Waals surface area contributed by atoms with E-state index in [1.54, 1.807) is 0 Å². The molecule has 0 heterocycles. The minimum atomic E-state index is -3.61. The molecule has 0 aliphatic carbocycles. The molecule has 0 unspecified atom stereocenters. The molecule has 0 spiro atoms. The first-order valence-electron chi connectivity index (χ1n) is 5.28. The summed E-state index contributed by atoms with van der Waals surface area (Å²) in [5.74, 6) is -5.99. The first kappa shape index (κ1) is 16.2. The van der Waals surface area contributed by atoms with Crippen molar-refractivity contribution in [3.05, 3.63) is 39.9 Å². The van der Waals surface area contributed by atoms with Gasteiger partial charge < -0.3 is 20.4 Å². The van der Waals surface area contributed by atoms with Gasteiger partial charge in [0.1, 0.15) is 0 Å². The second-order valence-electron chi connectivity index (χ2n) is 3.95. The number of aliphatic hydroxyl groups excluding tert-OH is 1. The van der Waals surface area contributed by atoms with E-state index in [1.165, 1.54) is 0 Å². The summed E-state index contributed by atoms with van der Waals surface area (Å²) in [6.45, 7) is 0. The highest BCUT2D eigenvalue weighted by molar-refractivity contribution is 6.17. The van der Waals surface area contributed by atoms with E-state index in [0.717, 1.165) is 24.3 Å². The fourth-order valence-corrected chi connectivity index (χ4v) is 1.47. The van der Waals surface area contributed by atoms with Gasteiger partial charge in [0.05, 0.1) is 4.92 Å². The molecule has 10 heteroatoms. The number of nitro benzene ring substituents is 1. The number of benzene rings is 1. The van der Waals surface area contributed by atoms with Crippen LogP contribution in [-0.4, -0.2) is 54.8 Å². The summed E-state index contributed by atoms with van der Waals surface area (Å²) in [6, 6.07) is 3.40. The Kier molecular flexibility index (Phi) is 4.36. The Bertz CT molecular complexity index is 609. The summed E-state index contributed by atoms with van der Waals surface area (Å²) >= 11 is 0. The van der Waals surface area contributed by atoms with Gasteiger partial charge in [-0.15, -0.1) is 0 Å². The number of nitrogens with zero attached hydrogens (tertiary/aromatic N) is 1. The highest BCUT2D eigenvalue weighted by Gasteiger charge is 2.54. The quantitative estimate of drug-likeness (QED) is 0.223. The number of hydrogen-bond acceptors (Lipinski definition) is 7. The second kappa shape index (κ2) is 5.64. The van der Waals surface area contributed by atoms with Gasteiger partial charge in [-0.25, -0.2) is 9.59 Å². The standard InChI is InChI=1S/C11H9NO9/c13-7(5-1-3-6(4-2-5)12(20)21)11(19,10(17)18)8(14)9(15)16/h1-4,8,14,19H,(H,15,16)(H,17,18)/t8-,11+/m1/s1. The van der Waals surface area contributed by atoms with Crippen molar-refractivity contribution in [2.45, 2.75) is 11.7 Å². The highest BCUT2D eigenvalue weighted by atomic mass is 16.6. The van der Waals surface area contributed by atoms with Gasteiger partial charge in [-0.1, -0.05) is 0 Å². The molecule has 0 aliphatic heterocycles. The zero-order valence-corrected chi connectivity index (χ0v) is 10.2. The van der Waals surface area contributed by atoms with Gasteiger partial charge >= 0.3 is 11.9 Å². The fraction of sp³-hybridized carbons (Fsp3) is 0.182. The highest BCUT2D eigenvalue weighted by Crippen LogP contribution is 2.21. The molecule has 21 heavy (non-hydrogen) atoms. The Morgan fingerprint density at radius 1 is 1.14 bits per heavy atom. The summed E-state index contributed by atoms with van der Waals surface area (Å²) in [5, 5.41) is 46.8. The summed E-state index contributed by atoms with van der Waals surface area (Å²) in [6.07, 6.45) is -2.90. The second-order valence-corrected chi connectivity index (χ2v) is 3.95. The third-order valence-electron chi connectivity index (χ3n) is 2.64. The predicted octanol–water partition coefficient (Wildman–Crippen LogP) is -0.961. The first-order valence-corrected chi connectivity index (χ1v) is 5.28. The molecular weight excluding hydrogens is 290 g/mol. The molecule has 0 fully saturated rings. The fourth-order valence-electron chi connectivity index (χ4n) is 1.47. The molecule has 1 rings (SSSR count). The lowest BCUT2D eigenvalue weighted by atomic mass is 9.87. The Morgan fingerprint density at radius 3 is 1.95 bits per heavy atom. The number of rotatable bonds is 6. The van der Waals surface area contributed by atoms with E-state index < -0.39 is 45.6 Å². The van der Waals surface area contributed by atoms with Gasteiger partial charge in [0.15, 0.2) is 6.10 Å². The molecule has 4 N–H and O–H groups in total. The minimum absolute atomic E-state index is 0.399. The maximum atomic E-state index is 11.9.